The molecule has 0 radical (unpaired) electrons. The molecular weight excluding hydrogens is 245 g/mol. The van der Waals surface area contributed by atoms with Gasteiger partial charge in [0.25, 0.3) is 0 Å². The zero-order chi connectivity index (χ0) is 11.6. The third-order valence-electron chi connectivity index (χ3n) is 3.04. The predicted molar refractivity (Wildman–Crippen MR) is 67.1 cm³/mol. The maximum atomic E-state index is 6.33. The zero-order valence-corrected chi connectivity index (χ0v) is 10.5. The maximum absolute atomic E-state index is 6.33. The SMILES string of the molecule is NC1(Cc2cc(Cl)ccc2Cl)CCOCC1. The topological polar surface area (TPSA) is 35.2 Å². The van der Waals surface area contributed by atoms with Crippen LogP contribution in [0.1, 0.15) is 18.4 Å². The van der Waals surface area contributed by atoms with Crippen LogP contribution >= 0.6 is 23.2 Å². The first-order chi connectivity index (χ1) is 7.59. The van der Waals surface area contributed by atoms with Crippen molar-refractivity contribution in [2.24, 2.45) is 5.73 Å². The number of hydrogen-bond donors (Lipinski definition) is 1. The first-order valence-electron chi connectivity index (χ1n) is 5.40. The molecule has 0 aromatic heterocycles. The molecule has 0 aliphatic carbocycles. The second-order valence-corrected chi connectivity index (χ2v) is 5.23. The van der Waals surface area contributed by atoms with Crippen molar-refractivity contribution in [3.63, 3.8) is 0 Å². The highest BCUT2D eigenvalue weighted by molar-refractivity contribution is 6.33. The third kappa shape index (κ3) is 2.89. The van der Waals surface area contributed by atoms with E-state index in [9.17, 15) is 0 Å². The summed E-state index contributed by atoms with van der Waals surface area (Å²) in [5.74, 6) is 0. The second kappa shape index (κ2) is 4.92. The van der Waals surface area contributed by atoms with Crippen LogP contribution in [0, 0.1) is 0 Å². The molecule has 0 bridgehead atoms. The zero-order valence-electron chi connectivity index (χ0n) is 9.01. The van der Waals surface area contributed by atoms with Crippen LogP contribution in [-0.2, 0) is 11.2 Å². The maximum Gasteiger partial charge on any atom is 0.0483 e. The molecule has 88 valence electrons. The number of halogens is 2. The Morgan fingerprint density at radius 2 is 1.94 bits per heavy atom. The van der Waals surface area contributed by atoms with Crippen molar-refractivity contribution in [2.45, 2.75) is 24.8 Å². The van der Waals surface area contributed by atoms with Gasteiger partial charge in [-0.25, -0.2) is 0 Å². The van der Waals surface area contributed by atoms with Crippen molar-refractivity contribution < 1.29 is 4.74 Å². The van der Waals surface area contributed by atoms with Crippen molar-refractivity contribution in [3.05, 3.63) is 33.8 Å². The normalized spacial score (nSPS) is 19.7. The lowest BCUT2D eigenvalue weighted by atomic mass is 9.85. The fourth-order valence-electron chi connectivity index (χ4n) is 2.01. The van der Waals surface area contributed by atoms with Crippen LogP contribution in [0.3, 0.4) is 0 Å². The standard InChI is InChI=1S/C12H15Cl2NO/c13-10-1-2-11(14)9(7-10)8-12(15)3-5-16-6-4-12/h1-2,7H,3-6,8,15H2. The molecule has 1 aromatic rings. The molecule has 1 aromatic carbocycles. The number of ether oxygens (including phenoxy) is 1. The summed E-state index contributed by atoms with van der Waals surface area (Å²) < 4.78 is 5.32. The second-order valence-electron chi connectivity index (χ2n) is 4.39. The molecule has 4 heteroatoms. The van der Waals surface area contributed by atoms with Gasteiger partial charge in [0.05, 0.1) is 0 Å². The Morgan fingerprint density at radius 1 is 1.25 bits per heavy atom. The largest absolute Gasteiger partial charge is 0.381 e. The van der Waals surface area contributed by atoms with Crippen LogP contribution in [0.4, 0.5) is 0 Å². The van der Waals surface area contributed by atoms with E-state index < -0.39 is 0 Å². The van der Waals surface area contributed by atoms with Crippen molar-refractivity contribution >= 4 is 23.2 Å². The number of rotatable bonds is 2. The van der Waals surface area contributed by atoms with Gasteiger partial charge in [-0.15, -0.1) is 0 Å². The minimum Gasteiger partial charge on any atom is -0.381 e. The van der Waals surface area contributed by atoms with E-state index >= 15 is 0 Å². The highest BCUT2D eigenvalue weighted by atomic mass is 35.5. The van der Waals surface area contributed by atoms with E-state index in [0.717, 1.165) is 43.1 Å². The molecule has 2 rings (SSSR count). The molecular formula is C12H15Cl2NO. The van der Waals surface area contributed by atoms with Gasteiger partial charge in [-0.05, 0) is 43.0 Å². The molecule has 0 spiro atoms. The summed E-state index contributed by atoms with van der Waals surface area (Å²) in [4.78, 5) is 0. The molecule has 1 aliphatic heterocycles. The summed E-state index contributed by atoms with van der Waals surface area (Å²) in [7, 11) is 0. The van der Waals surface area contributed by atoms with Gasteiger partial charge in [0.1, 0.15) is 0 Å². The van der Waals surface area contributed by atoms with Crippen LogP contribution < -0.4 is 5.73 Å². The smallest absolute Gasteiger partial charge is 0.0483 e. The Kier molecular flexibility index (Phi) is 3.75. The predicted octanol–water partition coefficient (Wildman–Crippen LogP) is 3.04. The summed E-state index contributed by atoms with van der Waals surface area (Å²) in [6.45, 7) is 1.46. The Labute approximate surface area is 106 Å². The minimum absolute atomic E-state index is 0.202. The van der Waals surface area contributed by atoms with Crippen LogP contribution in [0.5, 0.6) is 0 Å². The summed E-state index contributed by atoms with van der Waals surface area (Å²) in [6, 6.07) is 5.51. The Balaban J connectivity index is 2.15. The molecule has 1 saturated heterocycles. The quantitative estimate of drug-likeness (QED) is 0.887. The molecule has 0 amide bonds. The van der Waals surface area contributed by atoms with Gasteiger partial charge in [0.2, 0.25) is 0 Å². The van der Waals surface area contributed by atoms with Gasteiger partial charge < -0.3 is 10.5 Å². The van der Waals surface area contributed by atoms with E-state index in [1.165, 1.54) is 0 Å². The molecule has 1 aliphatic rings. The fourth-order valence-corrected chi connectivity index (χ4v) is 2.39. The monoisotopic (exact) mass is 259 g/mol. The van der Waals surface area contributed by atoms with E-state index in [1.807, 2.05) is 12.1 Å². The van der Waals surface area contributed by atoms with Crippen molar-refractivity contribution in [2.75, 3.05) is 13.2 Å². The minimum atomic E-state index is -0.202. The number of nitrogens with two attached hydrogens (primary N) is 1. The summed E-state index contributed by atoms with van der Waals surface area (Å²) in [5, 5.41) is 1.44. The highest BCUT2D eigenvalue weighted by Gasteiger charge is 2.28. The lowest BCUT2D eigenvalue weighted by molar-refractivity contribution is 0.0533. The molecule has 2 nitrogen and oxygen atoms in total. The van der Waals surface area contributed by atoms with E-state index in [1.54, 1.807) is 6.07 Å². The number of benzene rings is 1. The third-order valence-corrected chi connectivity index (χ3v) is 3.64. The van der Waals surface area contributed by atoms with Gasteiger partial charge >= 0.3 is 0 Å². The molecule has 1 fully saturated rings. The average molecular weight is 260 g/mol. The van der Waals surface area contributed by atoms with Gasteiger partial charge in [-0.3, -0.25) is 0 Å². The van der Waals surface area contributed by atoms with Gasteiger partial charge in [0, 0.05) is 28.8 Å². The fraction of sp³-hybridized carbons (Fsp3) is 0.500. The van der Waals surface area contributed by atoms with Gasteiger partial charge in [-0.1, -0.05) is 23.2 Å². The summed E-state index contributed by atoms with van der Waals surface area (Å²) in [5.41, 5.74) is 7.15. The Bertz CT molecular complexity index is 375. The van der Waals surface area contributed by atoms with Crippen LogP contribution in [0.2, 0.25) is 10.0 Å². The lowest BCUT2D eigenvalue weighted by Gasteiger charge is -2.33. The van der Waals surface area contributed by atoms with E-state index in [4.69, 9.17) is 33.7 Å². The molecule has 2 N–H and O–H groups in total. The van der Waals surface area contributed by atoms with Crippen LogP contribution in [0.25, 0.3) is 0 Å². The average Bonchev–Trinajstić information content (AvgIpc) is 2.24. The molecule has 0 saturated carbocycles. The summed E-state index contributed by atoms with van der Waals surface area (Å²) >= 11 is 12.1. The first kappa shape index (κ1) is 12.2. The number of hydrogen-bond acceptors (Lipinski definition) is 2. The van der Waals surface area contributed by atoms with Crippen LogP contribution in [0.15, 0.2) is 18.2 Å². The highest BCUT2D eigenvalue weighted by Crippen LogP contribution is 2.28. The van der Waals surface area contributed by atoms with Crippen molar-refractivity contribution in [3.8, 4) is 0 Å². The van der Waals surface area contributed by atoms with Gasteiger partial charge in [0.15, 0.2) is 0 Å². The van der Waals surface area contributed by atoms with Crippen LogP contribution in [-0.4, -0.2) is 18.8 Å². The van der Waals surface area contributed by atoms with E-state index in [-0.39, 0.29) is 5.54 Å². The molecule has 0 unspecified atom stereocenters. The van der Waals surface area contributed by atoms with Crippen molar-refractivity contribution in [1.82, 2.24) is 0 Å². The Morgan fingerprint density at radius 3 is 2.62 bits per heavy atom. The van der Waals surface area contributed by atoms with Gasteiger partial charge in [-0.2, -0.15) is 0 Å². The molecule has 16 heavy (non-hydrogen) atoms. The van der Waals surface area contributed by atoms with E-state index in [2.05, 4.69) is 0 Å². The molecule has 1 heterocycles. The molecule has 0 atom stereocenters. The summed E-state index contributed by atoms with van der Waals surface area (Å²) in [6.07, 6.45) is 2.50. The van der Waals surface area contributed by atoms with Crippen molar-refractivity contribution in [1.29, 1.82) is 0 Å². The first-order valence-corrected chi connectivity index (χ1v) is 6.15. The van der Waals surface area contributed by atoms with E-state index in [0.29, 0.717) is 5.02 Å². The Hall–Kier alpha value is -0.280. The lowest BCUT2D eigenvalue weighted by Crippen LogP contribution is -2.46.